The third kappa shape index (κ3) is 14.0. The fraction of sp³-hybridized carbons (Fsp3) is 0.909. The second-order valence-corrected chi connectivity index (χ2v) is 8.84. The molecule has 0 radical (unpaired) electrons. The molecule has 0 aliphatic heterocycles. The lowest BCUT2D eigenvalue weighted by Crippen LogP contribution is -2.40. The quantitative estimate of drug-likeness (QED) is 0.272. The molecule has 7 N–H and O–H groups in total. The Kier molecular flexibility index (Phi) is 9.42. The molecule has 0 fully saturated rings. The molecule has 0 aromatic carbocycles. The monoisotopic (exact) mass is 390 g/mol. The molecule has 0 aromatic rings. The van der Waals surface area contributed by atoms with E-state index in [1.165, 1.54) is 0 Å². The molecule has 0 bridgehead atoms. The van der Waals surface area contributed by atoms with E-state index in [0.717, 1.165) is 0 Å². The van der Waals surface area contributed by atoms with Crippen molar-refractivity contribution < 1.29 is 23.1 Å². The highest BCUT2D eigenvalue weighted by Crippen LogP contribution is 2.38. The molecule has 2 atom stereocenters. The van der Waals surface area contributed by atoms with Gasteiger partial charge in [-0.3, -0.25) is 14.6 Å². The van der Waals surface area contributed by atoms with Gasteiger partial charge in [0.05, 0.1) is 11.2 Å². The standard InChI is InChI=1S/C11H28N4O5P2S/c1-10(2,19-21(12)16)5-7-14-9(23)15-8-6-11(3,4)20-22(13,17)18/h21H,5-8H2,1-4H3,(H2,12,16)(H3,13,17,18)(H2,14,15,23). The lowest BCUT2D eigenvalue weighted by Gasteiger charge is -2.26. The SMILES string of the molecule is CC(C)(CCNC(=S)NCCC(C)(C)OP(N)(=O)O)O[PH](N)=O. The molecule has 0 saturated heterocycles. The van der Waals surface area contributed by atoms with E-state index in [1.54, 1.807) is 27.7 Å². The summed E-state index contributed by atoms with van der Waals surface area (Å²) in [6.45, 7) is 7.87. The summed E-state index contributed by atoms with van der Waals surface area (Å²) in [6.07, 6.45) is 0.998. The van der Waals surface area contributed by atoms with Gasteiger partial charge in [-0.1, -0.05) is 0 Å². The summed E-state index contributed by atoms with van der Waals surface area (Å²) in [6, 6.07) is 0. The van der Waals surface area contributed by atoms with Crippen molar-refractivity contribution in [1.82, 2.24) is 10.6 Å². The van der Waals surface area contributed by atoms with Gasteiger partial charge in [-0.25, -0.2) is 10.1 Å². The van der Waals surface area contributed by atoms with Crippen LogP contribution in [0.3, 0.4) is 0 Å². The van der Waals surface area contributed by atoms with Crippen LogP contribution < -0.4 is 21.6 Å². The molecule has 9 nitrogen and oxygen atoms in total. The molecule has 0 aromatic heterocycles. The Morgan fingerprint density at radius 3 is 2.04 bits per heavy atom. The van der Waals surface area contributed by atoms with E-state index >= 15 is 0 Å². The second kappa shape index (κ2) is 9.44. The van der Waals surface area contributed by atoms with Crippen LogP contribution in [0.4, 0.5) is 0 Å². The topological polar surface area (TPSA) is 149 Å². The van der Waals surface area contributed by atoms with Crippen molar-refractivity contribution in [1.29, 1.82) is 0 Å². The minimum absolute atomic E-state index is 0.428. The molecule has 2 unspecified atom stereocenters. The van der Waals surface area contributed by atoms with E-state index in [0.29, 0.717) is 31.0 Å². The zero-order valence-corrected chi connectivity index (χ0v) is 16.6. The molecular formula is C11H28N4O5P2S. The Morgan fingerprint density at radius 1 is 1.22 bits per heavy atom. The number of rotatable bonds is 10. The van der Waals surface area contributed by atoms with Gasteiger partial charge in [0.15, 0.2) is 5.11 Å². The minimum atomic E-state index is -4.02. The van der Waals surface area contributed by atoms with Crippen LogP contribution in [0.2, 0.25) is 0 Å². The van der Waals surface area contributed by atoms with E-state index in [4.69, 9.17) is 37.2 Å². The molecule has 0 amide bonds. The first-order valence-corrected chi connectivity index (χ1v) is 10.5. The van der Waals surface area contributed by atoms with E-state index in [9.17, 15) is 9.13 Å². The van der Waals surface area contributed by atoms with Crippen molar-refractivity contribution in [2.75, 3.05) is 13.1 Å². The summed E-state index contributed by atoms with van der Waals surface area (Å²) in [5, 5.41) is 6.37. The average molecular weight is 390 g/mol. The molecule has 23 heavy (non-hydrogen) atoms. The van der Waals surface area contributed by atoms with E-state index < -0.39 is 27.1 Å². The Morgan fingerprint density at radius 2 is 1.65 bits per heavy atom. The summed E-state index contributed by atoms with van der Waals surface area (Å²) >= 11 is 5.12. The normalized spacial score (nSPS) is 16.5. The maximum atomic E-state index is 11.1. The van der Waals surface area contributed by atoms with Crippen molar-refractivity contribution >= 4 is 33.3 Å². The second-order valence-electron chi connectivity index (χ2n) is 6.28. The highest BCUT2D eigenvalue weighted by atomic mass is 32.1. The smallest absolute Gasteiger partial charge is 0.363 e. The Balaban J connectivity index is 4.00. The third-order valence-corrected chi connectivity index (χ3v) is 4.58. The fourth-order valence-electron chi connectivity index (χ4n) is 1.74. The third-order valence-electron chi connectivity index (χ3n) is 2.78. The van der Waals surface area contributed by atoms with Crippen LogP contribution in [0.25, 0.3) is 0 Å². The molecule has 0 saturated carbocycles. The van der Waals surface area contributed by atoms with E-state index in [2.05, 4.69) is 10.6 Å². The predicted octanol–water partition coefficient (Wildman–Crippen LogP) is 1.23. The summed E-state index contributed by atoms with van der Waals surface area (Å²) in [5.74, 6) is 0. The zero-order valence-electron chi connectivity index (χ0n) is 13.9. The predicted molar refractivity (Wildman–Crippen MR) is 95.4 cm³/mol. The van der Waals surface area contributed by atoms with Crippen molar-refractivity contribution in [3.05, 3.63) is 0 Å². The highest BCUT2D eigenvalue weighted by Gasteiger charge is 2.27. The van der Waals surface area contributed by atoms with Crippen LogP contribution in [0.1, 0.15) is 40.5 Å². The zero-order chi connectivity index (χ0) is 18.3. The first-order valence-electron chi connectivity index (χ1n) is 7.05. The van der Waals surface area contributed by atoms with Gasteiger partial charge in [-0.2, -0.15) is 0 Å². The highest BCUT2D eigenvalue weighted by molar-refractivity contribution is 7.80. The van der Waals surface area contributed by atoms with Crippen molar-refractivity contribution in [2.24, 2.45) is 11.0 Å². The average Bonchev–Trinajstić information content (AvgIpc) is 2.22. The van der Waals surface area contributed by atoms with Crippen LogP contribution in [-0.2, 0) is 18.2 Å². The van der Waals surface area contributed by atoms with Crippen molar-refractivity contribution in [3.8, 4) is 0 Å². The Bertz CT molecular complexity index is 469. The number of thiocarbonyl (C=S) groups is 1. The van der Waals surface area contributed by atoms with Gasteiger partial charge in [0.2, 0.25) is 0 Å². The van der Waals surface area contributed by atoms with Gasteiger partial charge in [0, 0.05) is 13.1 Å². The largest absolute Gasteiger partial charge is 0.400 e. The molecule has 0 spiro atoms. The first kappa shape index (κ1) is 22.9. The van der Waals surface area contributed by atoms with Crippen LogP contribution in [0.15, 0.2) is 0 Å². The molecular weight excluding hydrogens is 362 g/mol. The van der Waals surface area contributed by atoms with Crippen LogP contribution >= 0.6 is 28.1 Å². The molecule has 12 heteroatoms. The molecule has 0 aliphatic rings. The van der Waals surface area contributed by atoms with Crippen molar-refractivity contribution in [2.45, 2.75) is 51.7 Å². The van der Waals surface area contributed by atoms with Crippen LogP contribution in [0, 0.1) is 0 Å². The number of hydrogen-bond donors (Lipinski definition) is 5. The maximum absolute atomic E-state index is 11.1. The Labute approximate surface area is 143 Å². The summed E-state index contributed by atoms with van der Waals surface area (Å²) in [4.78, 5) is 9.03. The van der Waals surface area contributed by atoms with Crippen LogP contribution in [0.5, 0.6) is 0 Å². The van der Waals surface area contributed by atoms with Crippen LogP contribution in [-0.4, -0.2) is 34.3 Å². The van der Waals surface area contributed by atoms with Gasteiger partial charge < -0.3 is 20.1 Å². The van der Waals surface area contributed by atoms with E-state index in [1.807, 2.05) is 0 Å². The van der Waals surface area contributed by atoms with Crippen molar-refractivity contribution in [3.63, 3.8) is 0 Å². The lowest BCUT2D eigenvalue weighted by molar-refractivity contribution is 0.0850. The van der Waals surface area contributed by atoms with E-state index in [-0.39, 0.29) is 0 Å². The van der Waals surface area contributed by atoms with Gasteiger partial charge in [-0.15, -0.1) is 0 Å². The number of nitrogens with one attached hydrogen (secondary N) is 2. The van der Waals surface area contributed by atoms with Gasteiger partial charge in [0.25, 0.3) is 8.18 Å². The number of hydrogen-bond acceptors (Lipinski definition) is 5. The van der Waals surface area contributed by atoms with Gasteiger partial charge in [0.1, 0.15) is 0 Å². The number of nitrogens with two attached hydrogens (primary N) is 2. The summed E-state index contributed by atoms with van der Waals surface area (Å²) in [5.41, 5.74) is 8.69. The molecule has 0 rings (SSSR count). The lowest BCUT2D eigenvalue weighted by atomic mass is 10.1. The van der Waals surface area contributed by atoms with Gasteiger partial charge in [-0.05, 0) is 52.8 Å². The molecule has 0 aliphatic carbocycles. The molecule has 138 valence electrons. The maximum Gasteiger partial charge on any atom is 0.400 e. The summed E-state index contributed by atoms with van der Waals surface area (Å²) in [7, 11) is -6.50. The Hall–Kier alpha value is -0.0500. The van der Waals surface area contributed by atoms with Gasteiger partial charge >= 0.3 is 7.75 Å². The summed E-state index contributed by atoms with van der Waals surface area (Å²) < 4.78 is 32.0. The molecule has 0 heterocycles. The first-order chi connectivity index (χ1) is 10.2. The fourth-order valence-corrected chi connectivity index (χ4v) is 3.39. The minimum Gasteiger partial charge on any atom is -0.363 e.